The molecule has 3 unspecified atom stereocenters. The van der Waals surface area contributed by atoms with E-state index in [0.717, 1.165) is 31.5 Å². The molecule has 7 nitrogen and oxygen atoms in total. The predicted octanol–water partition coefficient (Wildman–Crippen LogP) is 2.82. The number of sulfonamides is 1. The Labute approximate surface area is 171 Å². The van der Waals surface area contributed by atoms with E-state index in [4.69, 9.17) is 0 Å². The van der Waals surface area contributed by atoms with Gasteiger partial charge in [0.25, 0.3) is 0 Å². The molecule has 1 saturated heterocycles. The Morgan fingerprint density at radius 2 is 2.00 bits per heavy atom. The standard InChI is InChI=1S/C20H28FN5O2S/c1-15-5-3-4-8-26(29(15,27)28)12-16-6-7-18(10-19(16)21)24(2)11-17-9-20(17)25-13-22-23-14-25/h6-7,10,13-15,17,20H,3-5,8-9,11-12H2,1-2H3. The Kier molecular flexibility index (Phi) is 5.61. The van der Waals surface area contributed by atoms with Crippen molar-refractivity contribution < 1.29 is 12.8 Å². The number of nitrogens with zero attached hydrogens (tertiary/aromatic N) is 5. The third kappa shape index (κ3) is 4.30. The lowest BCUT2D eigenvalue weighted by molar-refractivity contribution is 0.399. The maximum absolute atomic E-state index is 14.8. The molecule has 0 radical (unpaired) electrons. The minimum Gasteiger partial charge on any atom is -0.374 e. The van der Waals surface area contributed by atoms with Crippen LogP contribution in [0.1, 0.15) is 44.2 Å². The van der Waals surface area contributed by atoms with E-state index >= 15 is 0 Å². The van der Waals surface area contributed by atoms with Gasteiger partial charge in [-0.25, -0.2) is 12.8 Å². The van der Waals surface area contributed by atoms with Crippen LogP contribution in [0.25, 0.3) is 0 Å². The lowest BCUT2D eigenvalue weighted by Crippen LogP contribution is -2.36. The third-order valence-corrected chi connectivity index (χ3v) is 8.46. The third-order valence-electron chi connectivity index (χ3n) is 6.17. The highest BCUT2D eigenvalue weighted by molar-refractivity contribution is 7.89. The van der Waals surface area contributed by atoms with E-state index in [2.05, 4.69) is 10.2 Å². The molecule has 4 rings (SSSR count). The van der Waals surface area contributed by atoms with Gasteiger partial charge in [0.2, 0.25) is 10.0 Å². The van der Waals surface area contributed by atoms with Crippen molar-refractivity contribution in [1.29, 1.82) is 0 Å². The van der Waals surface area contributed by atoms with Crippen LogP contribution < -0.4 is 4.90 Å². The largest absolute Gasteiger partial charge is 0.374 e. The molecule has 2 aliphatic rings. The van der Waals surface area contributed by atoms with E-state index in [1.54, 1.807) is 25.6 Å². The molecular weight excluding hydrogens is 393 g/mol. The Bertz CT molecular complexity index is 950. The molecule has 0 amide bonds. The fourth-order valence-electron chi connectivity index (χ4n) is 4.14. The molecule has 1 aromatic carbocycles. The molecule has 1 aliphatic heterocycles. The van der Waals surface area contributed by atoms with Crippen LogP contribution in [0.3, 0.4) is 0 Å². The summed E-state index contributed by atoms with van der Waals surface area (Å²) in [6.07, 6.45) is 6.91. The number of aromatic nitrogens is 3. The lowest BCUT2D eigenvalue weighted by atomic mass is 10.1. The Morgan fingerprint density at radius 3 is 2.72 bits per heavy atom. The van der Waals surface area contributed by atoms with Crippen molar-refractivity contribution in [2.45, 2.75) is 50.4 Å². The molecule has 1 saturated carbocycles. The molecule has 3 atom stereocenters. The van der Waals surface area contributed by atoms with Crippen molar-refractivity contribution in [3.8, 4) is 0 Å². The molecule has 29 heavy (non-hydrogen) atoms. The maximum Gasteiger partial charge on any atom is 0.217 e. The second-order valence-corrected chi connectivity index (χ2v) is 10.7. The fourth-order valence-corrected chi connectivity index (χ4v) is 5.82. The zero-order valence-electron chi connectivity index (χ0n) is 16.9. The molecule has 1 aliphatic carbocycles. The van der Waals surface area contributed by atoms with Gasteiger partial charge in [-0.1, -0.05) is 12.5 Å². The number of halogens is 1. The zero-order valence-corrected chi connectivity index (χ0v) is 17.7. The molecule has 0 bridgehead atoms. The summed E-state index contributed by atoms with van der Waals surface area (Å²) in [6, 6.07) is 5.52. The summed E-state index contributed by atoms with van der Waals surface area (Å²) in [5.74, 6) is 0.134. The maximum atomic E-state index is 14.8. The summed E-state index contributed by atoms with van der Waals surface area (Å²) < 4.78 is 43.6. The van der Waals surface area contributed by atoms with Gasteiger partial charge in [-0.05, 0) is 44.2 Å². The van der Waals surface area contributed by atoms with Gasteiger partial charge in [-0.15, -0.1) is 10.2 Å². The molecule has 0 N–H and O–H groups in total. The first-order chi connectivity index (χ1) is 13.9. The first-order valence-electron chi connectivity index (χ1n) is 10.2. The van der Waals surface area contributed by atoms with E-state index < -0.39 is 15.3 Å². The quantitative estimate of drug-likeness (QED) is 0.717. The minimum atomic E-state index is -3.37. The summed E-state index contributed by atoms with van der Waals surface area (Å²) in [5.41, 5.74) is 1.22. The van der Waals surface area contributed by atoms with Crippen molar-refractivity contribution in [2.24, 2.45) is 5.92 Å². The molecule has 2 fully saturated rings. The Morgan fingerprint density at radius 1 is 1.24 bits per heavy atom. The number of hydrogen-bond acceptors (Lipinski definition) is 5. The molecule has 158 valence electrons. The van der Waals surface area contributed by atoms with Crippen molar-refractivity contribution in [3.05, 3.63) is 42.2 Å². The molecule has 9 heteroatoms. The highest BCUT2D eigenvalue weighted by Gasteiger charge is 2.39. The molecule has 2 aromatic rings. The summed E-state index contributed by atoms with van der Waals surface area (Å²) in [6.45, 7) is 3.12. The van der Waals surface area contributed by atoms with E-state index in [1.165, 1.54) is 10.4 Å². The monoisotopic (exact) mass is 421 g/mol. The second kappa shape index (κ2) is 8.02. The van der Waals surface area contributed by atoms with Crippen molar-refractivity contribution >= 4 is 15.7 Å². The van der Waals surface area contributed by atoms with Crippen molar-refractivity contribution in [3.63, 3.8) is 0 Å². The van der Waals surface area contributed by atoms with Gasteiger partial charge >= 0.3 is 0 Å². The molecule has 1 aromatic heterocycles. The fraction of sp³-hybridized carbons (Fsp3) is 0.600. The number of hydrogen-bond donors (Lipinski definition) is 0. The van der Waals surface area contributed by atoms with Crippen LogP contribution in [0.4, 0.5) is 10.1 Å². The van der Waals surface area contributed by atoms with Crippen LogP contribution in [-0.4, -0.2) is 52.9 Å². The summed E-state index contributed by atoms with van der Waals surface area (Å²) in [4.78, 5) is 2.05. The zero-order chi connectivity index (χ0) is 20.6. The number of rotatable bonds is 6. The summed E-state index contributed by atoms with van der Waals surface area (Å²) in [7, 11) is -1.42. The van der Waals surface area contributed by atoms with Crippen LogP contribution in [-0.2, 0) is 16.6 Å². The highest BCUT2D eigenvalue weighted by Crippen LogP contribution is 2.43. The Hall–Kier alpha value is -2.00. The van der Waals surface area contributed by atoms with Crippen LogP contribution in [0.5, 0.6) is 0 Å². The molecular formula is C20H28FN5O2S. The normalized spacial score (nSPS) is 26.8. The van der Waals surface area contributed by atoms with E-state index in [-0.39, 0.29) is 12.4 Å². The van der Waals surface area contributed by atoms with Crippen LogP contribution >= 0.6 is 0 Å². The first kappa shape index (κ1) is 20.3. The summed E-state index contributed by atoms with van der Waals surface area (Å²) >= 11 is 0. The van der Waals surface area contributed by atoms with Gasteiger partial charge in [-0.3, -0.25) is 0 Å². The topological polar surface area (TPSA) is 71.3 Å². The van der Waals surface area contributed by atoms with Crippen LogP contribution in [0.15, 0.2) is 30.9 Å². The molecule has 2 heterocycles. The van der Waals surface area contributed by atoms with E-state index in [9.17, 15) is 12.8 Å². The van der Waals surface area contributed by atoms with Crippen molar-refractivity contribution in [1.82, 2.24) is 19.1 Å². The second-order valence-electron chi connectivity index (χ2n) is 8.31. The lowest BCUT2D eigenvalue weighted by Gasteiger charge is -2.24. The summed E-state index contributed by atoms with van der Waals surface area (Å²) in [5, 5.41) is 7.29. The van der Waals surface area contributed by atoms with Gasteiger partial charge in [0.1, 0.15) is 18.5 Å². The van der Waals surface area contributed by atoms with Crippen molar-refractivity contribution in [2.75, 3.05) is 25.0 Å². The average molecular weight is 422 g/mol. The molecule has 0 spiro atoms. The van der Waals surface area contributed by atoms with Crippen LogP contribution in [0, 0.1) is 11.7 Å². The van der Waals surface area contributed by atoms with Gasteiger partial charge in [0.05, 0.1) is 5.25 Å². The highest BCUT2D eigenvalue weighted by atomic mass is 32.2. The number of benzene rings is 1. The predicted molar refractivity (Wildman–Crippen MR) is 109 cm³/mol. The van der Waals surface area contributed by atoms with E-state index in [1.807, 2.05) is 22.6 Å². The van der Waals surface area contributed by atoms with Gasteiger partial charge in [0.15, 0.2) is 0 Å². The van der Waals surface area contributed by atoms with Gasteiger partial charge in [-0.2, -0.15) is 4.31 Å². The minimum absolute atomic E-state index is 0.0980. The average Bonchev–Trinajstić information content (AvgIpc) is 3.25. The van der Waals surface area contributed by atoms with Gasteiger partial charge in [0, 0.05) is 44.0 Å². The smallest absolute Gasteiger partial charge is 0.217 e. The van der Waals surface area contributed by atoms with Gasteiger partial charge < -0.3 is 9.47 Å². The van der Waals surface area contributed by atoms with E-state index in [0.29, 0.717) is 30.5 Å². The van der Waals surface area contributed by atoms with Crippen LogP contribution in [0.2, 0.25) is 0 Å². The first-order valence-corrected chi connectivity index (χ1v) is 11.7. The Balaban J connectivity index is 1.41. The SMILES string of the molecule is CC1CCCCN(Cc2ccc(N(C)CC3CC3n3cnnc3)cc2F)S1(=O)=O. The number of anilines is 1.